The van der Waals surface area contributed by atoms with Crippen molar-refractivity contribution in [3.05, 3.63) is 34.3 Å². The van der Waals surface area contributed by atoms with Crippen LogP contribution in [0.5, 0.6) is 5.75 Å². The van der Waals surface area contributed by atoms with E-state index in [9.17, 15) is 4.79 Å². The largest absolute Gasteiger partial charge is 0.496 e. The van der Waals surface area contributed by atoms with Gasteiger partial charge in [0.25, 0.3) is 0 Å². The van der Waals surface area contributed by atoms with E-state index < -0.39 is 5.97 Å². The molecule has 1 aromatic heterocycles. The first-order valence-corrected chi connectivity index (χ1v) is 5.87. The lowest BCUT2D eigenvalue weighted by atomic mass is 10.1. The highest BCUT2D eigenvalue weighted by molar-refractivity contribution is 9.10. The molecule has 0 spiro atoms. The van der Waals surface area contributed by atoms with Gasteiger partial charge in [-0.15, -0.1) is 0 Å². The Kier molecular flexibility index (Phi) is 3.38. The van der Waals surface area contributed by atoms with E-state index in [-0.39, 0.29) is 5.76 Å². The number of methoxy groups -OCH3 is 1. The fourth-order valence-corrected chi connectivity index (χ4v) is 2.12. The molecule has 5 nitrogen and oxygen atoms in total. The third-order valence-electron chi connectivity index (χ3n) is 2.35. The zero-order valence-corrected chi connectivity index (χ0v) is 11.3. The summed E-state index contributed by atoms with van der Waals surface area (Å²) in [5.41, 5.74) is 0.959. The Morgan fingerprint density at radius 2 is 2.22 bits per heavy atom. The van der Waals surface area contributed by atoms with E-state index in [2.05, 4.69) is 20.9 Å². The number of carboxylic acid groups (broad SMARTS) is 1. The van der Waals surface area contributed by atoms with Crippen LogP contribution in [-0.4, -0.2) is 23.2 Å². The van der Waals surface area contributed by atoms with Gasteiger partial charge >= 0.3 is 5.97 Å². The van der Waals surface area contributed by atoms with Gasteiger partial charge in [-0.2, -0.15) is 0 Å². The number of hydrogen-bond acceptors (Lipinski definition) is 4. The van der Waals surface area contributed by atoms with Crippen LogP contribution >= 0.6 is 15.9 Å². The van der Waals surface area contributed by atoms with Gasteiger partial charge in [-0.05, 0) is 34.1 Å². The van der Waals surface area contributed by atoms with E-state index in [4.69, 9.17) is 14.3 Å². The standard InChI is InChI=1S/C12H10BrNO4/c1-6-14-10(11(18-6)12(15)16)7-3-4-9(17-2)8(13)5-7/h3-5H,1-2H3,(H,15,16). The molecule has 0 aliphatic rings. The van der Waals surface area contributed by atoms with E-state index in [1.54, 1.807) is 32.2 Å². The van der Waals surface area contributed by atoms with Crippen molar-refractivity contribution in [1.29, 1.82) is 0 Å². The molecule has 0 amide bonds. The maximum Gasteiger partial charge on any atom is 0.374 e. The number of carboxylic acids is 1. The molecule has 1 heterocycles. The average molecular weight is 312 g/mol. The van der Waals surface area contributed by atoms with Crippen molar-refractivity contribution in [3.8, 4) is 17.0 Å². The summed E-state index contributed by atoms with van der Waals surface area (Å²) in [6, 6.07) is 5.20. The normalized spacial score (nSPS) is 10.4. The first-order chi connectivity index (χ1) is 8.52. The van der Waals surface area contributed by atoms with Gasteiger partial charge in [0, 0.05) is 12.5 Å². The average Bonchev–Trinajstić information content (AvgIpc) is 2.71. The van der Waals surface area contributed by atoms with Gasteiger partial charge in [0.15, 0.2) is 5.89 Å². The van der Waals surface area contributed by atoms with Crippen LogP contribution in [0.1, 0.15) is 16.4 Å². The number of aromatic carboxylic acids is 1. The predicted molar refractivity (Wildman–Crippen MR) is 67.9 cm³/mol. The third-order valence-corrected chi connectivity index (χ3v) is 2.97. The first kappa shape index (κ1) is 12.6. The van der Waals surface area contributed by atoms with Crippen LogP contribution in [0.4, 0.5) is 0 Å². The molecular formula is C12H10BrNO4. The van der Waals surface area contributed by atoms with Crippen LogP contribution in [-0.2, 0) is 0 Å². The molecule has 6 heteroatoms. The molecule has 1 aromatic carbocycles. The zero-order valence-electron chi connectivity index (χ0n) is 9.73. The summed E-state index contributed by atoms with van der Waals surface area (Å²) >= 11 is 3.34. The number of benzene rings is 1. The zero-order chi connectivity index (χ0) is 13.3. The lowest BCUT2D eigenvalue weighted by Gasteiger charge is -2.04. The van der Waals surface area contributed by atoms with Gasteiger partial charge in [-0.25, -0.2) is 9.78 Å². The number of aryl methyl sites for hydroxylation is 1. The van der Waals surface area contributed by atoms with E-state index in [0.29, 0.717) is 22.9 Å². The Balaban J connectivity index is 2.55. The van der Waals surface area contributed by atoms with Crippen molar-refractivity contribution >= 4 is 21.9 Å². The van der Waals surface area contributed by atoms with E-state index in [1.807, 2.05) is 0 Å². The van der Waals surface area contributed by atoms with Crippen molar-refractivity contribution in [1.82, 2.24) is 4.98 Å². The number of oxazole rings is 1. The Labute approximate surface area is 112 Å². The molecule has 0 aliphatic carbocycles. The molecule has 0 saturated carbocycles. The number of halogens is 1. The predicted octanol–water partition coefficient (Wildman–Crippen LogP) is 3.12. The minimum Gasteiger partial charge on any atom is -0.496 e. The van der Waals surface area contributed by atoms with Crippen molar-refractivity contribution in [2.24, 2.45) is 0 Å². The fraction of sp³-hybridized carbons (Fsp3) is 0.167. The summed E-state index contributed by atoms with van der Waals surface area (Å²) in [4.78, 5) is 15.1. The van der Waals surface area contributed by atoms with Gasteiger partial charge in [0.1, 0.15) is 11.4 Å². The molecule has 2 aromatic rings. The molecule has 2 rings (SSSR count). The minimum atomic E-state index is -1.14. The highest BCUT2D eigenvalue weighted by Crippen LogP contribution is 2.31. The summed E-state index contributed by atoms with van der Waals surface area (Å²) in [7, 11) is 1.56. The highest BCUT2D eigenvalue weighted by Gasteiger charge is 2.20. The Morgan fingerprint density at radius 3 is 2.78 bits per heavy atom. The quantitative estimate of drug-likeness (QED) is 0.942. The van der Waals surface area contributed by atoms with Crippen molar-refractivity contribution in [2.45, 2.75) is 6.92 Å². The number of nitrogens with zero attached hydrogens (tertiary/aromatic N) is 1. The Hall–Kier alpha value is -1.82. The van der Waals surface area contributed by atoms with Crippen LogP contribution in [0.3, 0.4) is 0 Å². The number of aromatic nitrogens is 1. The molecule has 0 unspecified atom stereocenters. The molecule has 0 aliphatic heterocycles. The first-order valence-electron chi connectivity index (χ1n) is 5.07. The number of rotatable bonds is 3. The number of hydrogen-bond donors (Lipinski definition) is 1. The molecule has 0 radical (unpaired) electrons. The summed E-state index contributed by atoms with van der Waals surface area (Å²) in [6.07, 6.45) is 0. The van der Waals surface area contributed by atoms with Crippen LogP contribution < -0.4 is 4.74 Å². The topological polar surface area (TPSA) is 72.6 Å². The smallest absolute Gasteiger partial charge is 0.374 e. The molecule has 18 heavy (non-hydrogen) atoms. The monoisotopic (exact) mass is 311 g/mol. The van der Waals surface area contributed by atoms with Crippen molar-refractivity contribution in [3.63, 3.8) is 0 Å². The second-order valence-corrected chi connectivity index (χ2v) is 4.42. The van der Waals surface area contributed by atoms with E-state index in [0.717, 1.165) is 4.47 Å². The molecule has 0 bridgehead atoms. The lowest BCUT2D eigenvalue weighted by Crippen LogP contribution is -1.97. The maximum absolute atomic E-state index is 11.0. The molecule has 0 fully saturated rings. The molecule has 0 atom stereocenters. The lowest BCUT2D eigenvalue weighted by molar-refractivity contribution is 0.0662. The highest BCUT2D eigenvalue weighted by atomic mass is 79.9. The van der Waals surface area contributed by atoms with Crippen LogP contribution in [0.2, 0.25) is 0 Å². The van der Waals surface area contributed by atoms with E-state index in [1.165, 1.54) is 0 Å². The SMILES string of the molecule is COc1ccc(-c2nc(C)oc2C(=O)O)cc1Br. The van der Waals surface area contributed by atoms with Crippen molar-refractivity contribution < 1.29 is 19.1 Å². The molecule has 0 saturated heterocycles. The van der Waals surface area contributed by atoms with Gasteiger partial charge in [0.05, 0.1) is 11.6 Å². The summed E-state index contributed by atoms with van der Waals surface area (Å²) in [5, 5.41) is 9.04. The summed E-state index contributed by atoms with van der Waals surface area (Å²) in [6.45, 7) is 1.61. The molecule has 94 valence electrons. The molecular weight excluding hydrogens is 302 g/mol. The maximum atomic E-state index is 11.0. The van der Waals surface area contributed by atoms with Crippen molar-refractivity contribution in [2.75, 3.05) is 7.11 Å². The van der Waals surface area contributed by atoms with Crippen LogP contribution in [0.25, 0.3) is 11.3 Å². The number of ether oxygens (including phenoxy) is 1. The van der Waals surface area contributed by atoms with Gasteiger partial charge < -0.3 is 14.3 Å². The molecule has 1 N–H and O–H groups in total. The van der Waals surface area contributed by atoms with E-state index >= 15 is 0 Å². The van der Waals surface area contributed by atoms with Gasteiger partial charge in [-0.1, -0.05) is 0 Å². The fourth-order valence-electron chi connectivity index (χ4n) is 1.58. The van der Waals surface area contributed by atoms with Crippen LogP contribution in [0, 0.1) is 6.92 Å². The Bertz CT molecular complexity index is 606. The van der Waals surface area contributed by atoms with Crippen LogP contribution in [0.15, 0.2) is 27.1 Å². The van der Waals surface area contributed by atoms with Gasteiger partial charge in [-0.3, -0.25) is 0 Å². The third kappa shape index (κ3) is 2.24. The number of carbonyl (C=O) groups is 1. The second kappa shape index (κ2) is 4.81. The minimum absolute atomic E-state index is 0.162. The van der Waals surface area contributed by atoms with Gasteiger partial charge in [0.2, 0.25) is 5.76 Å². The Morgan fingerprint density at radius 1 is 1.50 bits per heavy atom. The second-order valence-electron chi connectivity index (χ2n) is 3.57. The summed E-state index contributed by atoms with van der Waals surface area (Å²) in [5.74, 6) is -0.327. The summed E-state index contributed by atoms with van der Waals surface area (Å²) < 4.78 is 10.9.